The van der Waals surface area contributed by atoms with E-state index in [0.29, 0.717) is 17.9 Å². The van der Waals surface area contributed by atoms with Gasteiger partial charge in [-0.2, -0.15) is 0 Å². The summed E-state index contributed by atoms with van der Waals surface area (Å²) in [6, 6.07) is 3.45. The highest BCUT2D eigenvalue weighted by Crippen LogP contribution is 2.16. The molecular weight excluding hydrogens is 192 g/mol. The molecule has 1 aromatic heterocycles. The number of aromatic nitrogens is 1. The van der Waals surface area contributed by atoms with Gasteiger partial charge in [0.05, 0.1) is 5.56 Å². The first-order chi connectivity index (χ1) is 7.07. The number of hydrogen-bond donors (Lipinski definition) is 2. The normalized spacial score (nSPS) is 12.2. The molecule has 0 bridgehead atoms. The minimum absolute atomic E-state index is 0.109. The average molecular weight is 208 g/mol. The third-order valence-corrected chi connectivity index (χ3v) is 2.39. The third-order valence-electron chi connectivity index (χ3n) is 2.39. The Bertz CT molecular complexity index is 353. The van der Waals surface area contributed by atoms with Crippen LogP contribution in [-0.2, 0) is 0 Å². The molecule has 0 aliphatic rings. The largest absolute Gasteiger partial charge is 0.365 e. The molecule has 15 heavy (non-hydrogen) atoms. The first-order valence-corrected chi connectivity index (χ1v) is 4.75. The standard InChI is InChI=1S/C10H16N4O/c1-7(6-11)14(2)10-8(9(12)15)4-3-5-13-10/h3-5,7H,6,11H2,1-2H3,(H2,12,15). The number of primary amides is 1. The van der Waals surface area contributed by atoms with Gasteiger partial charge >= 0.3 is 0 Å². The van der Waals surface area contributed by atoms with Crippen LogP contribution >= 0.6 is 0 Å². The van der Waals surface area contributed by atoms with Crippen LogP contribution in [0.25, 0.3) is 0 Å². The summed E-state index contributed by atoms with van der Waals surface area (Å²) < 4.78 is 0. The van der Waals surface area contributed by atoms with Crippen LogP contribution in [0.15, 0.2) is 18.3 Å². The van der Waals surface area contributed by atoms with Gasteiger partial charge in [-0.3, -0.25) is 4.79 Å². The summed E-state index contributed by atoms with van der Waals surface area (Å²) in [6.07, 6.45) is 1.63. The Morgan fingerprint density at radius 1 is 1.67 bits per heavy atom. The lowest BCUT2D eigenvalue weighted by Crippen LogP contribution is -2.37. The number of amides is 1. The van der Waals surface area contributed by atoms with Gasteiger partial charge in [0.1, 0.15) is 5.82 Å². The first-order valence-electron chi connectivity index (χ1n) is 4.75. The van der Waals surface area contributed by atoms with E-state index in [0.717, 1.165) is 0 Å². The second-order valence-corrected chi connectivity index (χ2v) is 3.43. The molecule has 0 radical (unpaired) electrons. The summed E-state index contributed by atoms with van der Waals surface area (Å²) >= 11 is 0. The lowest BCUT2D eigenvalue weighted by molar-refractivity contribution is 0.100. The topological polar surface area (TPSA) is 85.2 Å². The number of anilines is 1. The third kappa shape index (κ3) is 2.44. The summed E-state index contributed by atoms with van der Waals surface area (Å²) in [5.41, 5.74) is 11.2. The van der Waals surface area contributed by atoms with Crippen molar-refractivity contribution in [2.45, 2.75) is 13.0 Å². The molecule has 4 N–H and O–H groups in total. The first kappa shape index (κ1) is 11.5. The Kier molecular flexibility index (Phi) is 3.62. The van der Waals surface area contributed by atoms with E-state index < -0.39 is 5.91 Å². The molecule has 0 aliphatic carbocycles. The number of carbonyl (C=O) groups excluding carboxylic acids is 1. The van der Waals surface area contributed by atoms with Crippen LogP contribution in [0, 0.1) is 0 Å². The molecule has 82 valence electrons. The van der Waals surface area contributed by atoms with Gasteiger partial charge in [0.15, 0.2) is 0 Å². The Morgan fingerprint density at radius 3 is 2.87 bits per heavy atom. The van der Waals surface area contributed by atoms with E-state index in [-0.39, 0.29) is 6.04 Å². The zero-order valence-corrected chi connectivity index (χ0v) is 8.97. The lowest BCUT2D eigenvalue weighted by atomic mass is 10.2. The SMILES string of the molecule is CC(CN)N(C)c1ncccc1C(N)=O. The Morgan fingerprint density at radius 2 is 2.33 bits per heavy atom. The highest BCUT2D eigenvalue weighted by atomic mass is 16.1. The average Bonchev–Trinajstić information content (AvgIpc) is 2.27. The summed E-state index contributed by atoms with van der Waals surface area (Å²) in [6.45, 7) is 2.45. The molecule has 1 aromatic rings. The molecule has 1 amide bonds. The maximum atomic E-state index is 11.2. The molecule has 0 fully saturated rings. The zero-order valence-electron chi connectivity index (χ0n) is 8.97. The number of pyridine rings is 1. The number of nitrogens with zero attached hydrogens (tertiary/aromatic N) is 2. The predicted molar refractivity (Wildman–Crippen MR) is 59.7 cm³/mol. The van der Waals surface area contributed by atoms with Gasteiger partial charge in [-0.1, -0.05) is 0 Å². The van der Waals surface area contributed by atoms with Gasteiger partial charge in [-0.25, -0.2) is 4.98 Å². The molecule has 5 nitrogen and oxygen atoms in total. The zero-order chi connectivity index (χ0) is 11.4. The molecular formula is C10H16N4O. The van der Waals surface area contributed by atoms with Gasteiger partial charge in [0.25, 0.3) is 5.91 Å². The molecule has 0 saturated heterocycles. The van der Waals surface area contributed by atoms with Crippen LogP contribution in [0.4, 0.5) is 5.82 Å². The van der Waals surface area contributed by atoms with E-state index in [1.165, 1.54) is 0 Å². The molecule has 0 saturated carbocycles. The molecule has 1 rings (SSSR count). The summed E-state index contributed by atoms with van der Waals surface area (Å²) in [5.74, 6) is 0.0946. The van der Waals surface area contributed by atoms with E-state index in [2.05, 4.69) is 4.98 Å². The fourth-order valence-electron chi connectivity index (χ4n) is 1.24. The number of hydrogen-bond acceptors (Lipinski definition) is 4. The summed E-state index contributed by atoms with van der Waals surface area (Å²) in [4.78, 5) is 17.1. The van der Waals surface area contributed by atoms with Crippen LogP contribution in [0.3, 0.4) is 0 Å². The molecule has 0 aromatic carbocycles. The summed E-state index contributed by atoms with van der Waals surface area (Å²) in [7, 11) is 1.84. The van der Waals surface area contributed by atoms with Crippen molar-refractivity contribution in [3.8, 4) is 0 Å². The molecule has 1 unspecified atom stereocenters. The number of carbonyl (C=O) groups is 1. The van der Waals surface area contributed by atoms with E-state index in [9.17, 15) is 4.79 Å². The van der Waals surface area contributed by atoms with Gasteiger partial charge < -0.3 is 16.4 Å². The fraction of sp³-hybridized carbons (Fsp3) is 0.400. The fourth-order valence-corrected chi connectivity index (χ4v) is 1.24. The number of rotatable bonds is 4. The van der Waals surface area contributed by atoms with Crippen molar-refractivity contribution >= 4 is 11.7 Å². The van der Waals surface area contributed by atoms with Crippen LogP contribution in [0.1, 0.15) is 17.3 Å². The Labute approximate surface area is 89.1 Å². The Hall–Kier alpha value is -1.62. The van der Waals surface area contributed by atoms with Crippen molar-refractivity contribution in [3.05, 3.63) is 23.9 Å². The summed E-state index contributed by atoms with van der Waals surface area (Å²) in [5, 5.41) is 0. The van der Waals surface area contributed by atoms with Gasteiger partial charge in [-0.15, -0.1) is 0 Å². The number of likely N-dealkylation sites (N-methyl/N-ethyl adjacent to an activating group) is 1. The molecule has 1 atom stereocenters. The monoisotopic (exact) mass is 208 g/mol. The van der Waals surface area contributed by atoms with E-state index in [4.69, 9.17) is 11.5 Å². The van der Waals surface area contributed by atoms with Gasteiger partial charge in [0, 0.05) is 25.8 Å². The van der Waals surface area contributed by atoms with E-state index in [1.807, 2.05) is 18.9 Å². The van der Waals surface area contributed by atoms with Crippen LogP contribution in [0.2, 0.25) is 0 Å². The van der Waals surface area contributed by atoms with E-state index >= 15 is 0 Å². The number of nitrogens with two attached hydrogens (primary N) is 2. The van der Waals surface area contributed by atoms with Crippen molar-refractivity contribution in [2.24, 2.45) is 11.5 Å². The quantitative estimate of drug-likeness (QED) is 0.727. The molecule has 0 aliphatic heterocycles. The second kappa shape index (κ2) is 4.75. The predicted octanol–water partition coefficient (Wildman–Crippen LogP) is -0.0361. The Balaban J connectivity index is 3.07. The van der Waals surface area contributed by atoms with Crippen LogP contribution < -0.4 is 16.4 Å². The minimum atomic E-state index is -0.478. The maximum Gasteiger partial charge on any atom is 0.252 e. The highest BCUT2D eigenvalue weighted by molar-refractivity contribution is 5.97. The molecule has 0 spiro atoms. The van der Waals surface area contributed by atoms with Crippen molar-refractivity contribution < 1.29 is 4.79 Å². The van der Waals surface area contributed by atoms with Crippen molar-refractivity contribution in [3.63, 3.8) is 0 Å². The van der Waals surface area contributed by atoms with Crippen molar-refractivity contribution in [1.29, 1.82) is 0 Å². The van der Waals surface area contributed by atoms with Gasteiger partial charge in [0.2, 0.25) is 0 Å². The maximum absolute atomic E-state index is 11.2. The van der Waals surface area contributed by atoms with Gasteiger partial charge in [-0.05, 0) is 19.1 Å². The lowest BCUT2D eigenvalue weighted by Gasteiger charge is -2.25. The van der Waals surface area contributed by atoms with Crippen molar-refractivity contribution in [1.82, 2.24) is 4.98 Å². The molecule has 1 heterocycles. The minimum Gasteiger partial charge on any atom is -0.365 e. The van der Waals surface area contributed by atoms with Crippen LogP contribution in [-0.4, -0.2) is 30.5 Å². The smallest absolute Gasteiger partial charge is 0.252 e. The highest BCUT2D eigenvalue weighted by Gasteiger charge is 2.16. The molecule has 5 heteroatoms. The van der Waals surface area contributed by atoms with Crippen molar-refractivity contribution in [2.75, 3.05) is 18.5 Å². The van der Waals surface area contributed by atoms with E-state index in [1.54, 1.807) is 18.3 Å². The van der Waals surface area contributed by atoms with Crippen LogP contribution in [0.5, 0.6) is 0 Å². The second-order valence-electron chi connectivity index (χ2n) is 3.43.